The lowest BCUT2D eigenvalue weighted by Crippen LogP contribution is -2.11. The van der Waals surface area contributed by atoms with E-state index >= 15 is 0 Å². The Morgan fingerprint density at radius 2 is 1.22 bits per heavy atom. The van der Waals surface area contributed by atoms with Crippen LogP contribution in [0.4, 0.5) is 0 Å². The molecule has 3 rings (SSSR count). The van der Waals surface area contributed by atoms with E-state index in [0.717, 1.165) is 28.7 Å². The van der Waals surface area contributed by atoms with Crippen molar-refractivity contribution in [1.29, 1.82) is 0 Å². The largest absolute Gasteiger partial charge is 0.485 e. The molecule has 0 unspecified atom stereocenters. The van der Waals surface area contributed by atoms with E-state index in [-0.39, 0.29) is 24.8 Å². The average Bonchev–Trinajstić information content (AvgIpc) is 3.00. The zero-order valence-electron chi connectivity index (χ0n) is 15.6. The molecule has 4 nitrogen and oxygen atoms in total. The number of hydrogen-bond acceptors (Lipinski definition) is 4. The first-order valence-corrected chi connectivity index (χ1v) is 8.74. The number of rotatable bonds is 8. The number of benzene rings is 2. The van der Waals surface area contributed by atoms with Gasteiger partial charge in [-0.05, 0) is 77.9 Å². The molecule has 0 heterocycles. The van der Waals surface area contributed by atoms with Gasteiger partial charge in [-0.25, -0.2) is 0 Å². The first-order chi connectivity index (χ1) is 12.8. The molecular weight excluding hydrogens is 340 g/mol. The molecule has 0 aromatic heterocycles. The number of fused-ring (bicyclic) bond motifs is 3. The van der Waals surface area contributed by atoms with Crippen molar-refractivity contribution in [2.75, 3.05) is 13.2 Å². The lowest BCUT2D eigenvalue weighted by atomic mass is 10.1. The van der Waals surface area contributed by atoms with Crippen LogP contribution in [0.3, 0.4) is 0 Å². The Kier molecular flexibility index (Phi) is 5.26. The first kappa shape index (κ1) is 18.6. The standard InChI is InChI=1S/C23H22O4/c1-14(2)22(24)12-26-18-5-7-20-16(10-18)9-17-11-19(6-8-21(17)20)27-13-23(25)15(3)4/h5-8,10-11H,1,3,9,12-13H2,2,4H3. The molecule has 138 valence electrons. The van der Waals surface area contributed by atoms with Crippen molar-refractivity contribution in [3.8, 4) is 22.6 Å². The smallest absolute Gasteiger partial charge is 0.195 e. The molecule has 0 saturated heterocycles. The van der Waals surface area contributed by atoms with Gasteiger partial charge in [0.2, 0.25) is 0 Å². The van der Waals surface area contributed by atoms with Gasteiger partial charge in [0.05, 0.1) is 0 Å². The molecular formula is C23H22O4. The summed E-state index contributed by atoms with van der Waals surface area (Å²) in [7, 11) is 0. The summed E-state index contributed by atoms with van der Waals surface area (Å²) in [6, 6.07) is 11.7. The summed E-state index contributed by atoms with van der Waals surface area (Å²) in [4.78, 5) is 23.3. The Morgan fingerprint density at radius 1 is 0.815 bits per heavy atom. The summed E-state index contributed by atoms with van der Waals surface area (Å²) in [5, 5.41) is 0. The second-order valence-electron chi connectivity index (χ2n) is 6.80. The average molecular weight is 362 g/mol. The molecule has 0 aliphatic heterocycles. The SMILES string of the molecule is C=C(C)C(=O)COc1ccc2c(c1)Cc1cc(OCC(=O)C(=C)C)ccc1-2. The summed E-state index contributed by atoms with van der Waals surface area (Å²) >= 11 is 0. The summed E-state index contributed by atoms with van der Waals surface area (Å²) < 4.78 is 11.2. The maximum Gasteiger partial charge on any atom is 0.195 e. The number of carbonyl (C=O) groups is 2. The van der Waals surface area contributed by atoms with E-state index in [1.165, 1.54) is 0 Å². The minimum absolute atomic E-state index is 0.00416. The molecule has 1 aliphatic carbocycles. The molecule has 0 N–H and O–H groups in total. The van der Waals surface area contributed by atoms with Crippen LogP contribution in [0.25, 0.3) is 11.1 Å². The van der Waals surface area contributed by atoms with Crippen molar-refractivity contribution in [2.45, 2.75) is 20.3 Å². The van der Waals surface area contributed by atoms with E-state index in [2.05, 4.69) is 13.2 Å². The van der Waals surface area contributed by atoms with Crippen LogP contribution in [0.5, 0.6) is 11.5 Å². The van der Waals surface area contributed by atoms with Crippen LogP contribution in [0.1, 0.15) is 25.0 Å². The Morgan fingerprint density at radius 3 is 1.59 bits per heavy atom. The van der Waals surface area contributed by atoms with E-state index in [9.17, 15) is 9.59 Å². The molecule has 0 radical (unpaired) electrons. The Labute approximate surface area is 159 Å². The van der Waals surface area contributed by atoms with Crippen LogP contribution < -0.4 is 9.47 Å². The van der Waals surface area contributed by atoms with Crippen LogP contribution in [-0.4, -0.2) is 24.8 Å². The third kappa shape index (κ3) is 4.17. The maximum absolute atomic E-state index is 11.6. The minimum atomic E-state index is -0.107. The van der Waals surface area contributed by atoms with Crippen molar-refractivity contribution in [1.82, 2.24) is 0 Å². The van der Waals surface area contributed by atoms with Crippen LogP contribution >= 0.6 is 0 Å². The van der Waals surface area contributed by atoms with Gasteiger partial charge in [-0.3, -0.25) is 9.59 Å². The Hall–Kier alpha value is -3.14. The number of carbonyl (C=O) groups excluding carboxylic acids is 2. The molecule has 4 heteroatoms. The summed E-state index contributed by atoms with van der Waals surface area (Å²) in [5.41, 5.74) is 5.55. The highest BCUT2D eigenvalue weighted by Crippen LogP contribution is 2.39. The fourth-order valence-electron chi connectivity index (χ4n) is 2.89. The molecule has 27 heavy (non-hydrogen) atoms. The van der Waals surface area contributed by atoms with Crippen LogP contribution in [-0.2, 0) is 16.0 Å². The van der Waals surface area contributed by atoms with Gasteiger partial charge in [0.15, 0.2) is 24.8 Å². The summed E-state index contributed by atoms with van der Waals surface area (Å²) in [5.74, 6) is 1.12. The van der Waals surface area contributed by atoms with E-state index < -0.39 is 0 Å². The zero-order chi connectivity index (χ0) is 19.6. The second-order valence-corrected chi connectivity index (χ2v) is 6.80. The molecule has 0 atom stereocenters. The quantitative estimate of drug-likeness (QED) is 0.561. The van der Waals surface area contributed by atoms with Gasteiger partial charge in [0.25, 0.3) is 0 Å². The van der Waals surface area contributed by atoms with E-state index in [1.807, 2.05) is 36.4 Å². The van der Waals surface area contributed by atoms with Gasteiger partial charge in [-0.1, -0.05) is 25.3 Å². The topological polar surface area (TPSA) is 52.6 Å². The van der Waals surface area contributed by atoms with Crippen LogP contribution in [0.15, 0.2) is 60.7 Å². The molecule has 2 aromatic rings. The van der Waals surface area contributed by atoms with Crippen LogP contribution in [0, 0.1) is 0 Å². The number of ether oxygens (including phenoxy) is 2. The molecule has 1 aliphatic rings. The first-order valence-electron chi connectivity index (χ1n) is 8.74. The fourth-order valence-corrected chi connectivity index (χ4v) is 2.89. The van der Waals surface area contributed by atoms with Crippen LogP contribution in [0.2, 0.25) is 0 Å². The molecule has 0 saturated carbocycles. The zero-order valence-corrected chi connectivity index (χ0v) is 15.6. The van der Waals surface area contributed by atoms with Gasteiger partial charge >= 0.3 is 0 Å². The third-order valence-corrected chi connectivity index (χ3v) is 4.52. The highest BCUT2D eigenvalue weighted by molar-refractivity contribution is 5.95. The minimum Gasteiger partial charge on any atom is -0.485 e. The Balaban J connectivity index is 1.71. The van der Waals surface area contributed by atoms with Crippen molar-refractivity contribution in [3.63, 3.8) is 0 Å². The molecule has 2 aromatic carbocycles. The van der Waals surface area contributed by atoms with E-state index in [1.54, 1.807) is 13.8 Å². The van der Waals surface area contributed by atoms with Crippen molar-refractivity contribution in [3.05, 3.63) is 71.8 Å². The van der Waals surface area contributed by atoms with E-state index in [4.69, 9.17) is 9.47 Å². The van der Waals surface area contributed by atoms with Gasteiger partial charge in [-0.15, -0.1) is 0 Å². The maximum atomic E-state index is 11.6. The van der Waals surface area contributed by atoms with Gasteiger partial charge in [0.1, 0.15) is 11.5 Å². The highest BCUT2D eigenvalue weighted by atomic mass is 16.5. The summed E-state index contributed by atoms with van der Waals surface area (Å²) in [6.07, 6.45) is 0.752. The number of Topliss-reactive ketones (excluding diaryl/α,β-unsaturated/α-hetero) is 2. The van der Waals surface area contributed by atoms with Gasteiger partial charge in [0, 0.05) is 0 Å². The predicted molar refractivity (Wildman–Crippen MR) is 105 cm³/mol. The van der Waals surface area contributed by atoms with Crippen molar-refractivity contribution in [2.24, 2.45) is 0 Å². The molecule has 0 amide bonds. The lowest BCUT2D eigenvalue weighted by Gasteiger charge is -2.08. The number of hydrogen-bond donors (Lipinski definition) is 0. The lowest BCUT2D eigenvalue weighted by molar-refractivity contribution is -0.118. The van der Waals surface area contributed by atoms with Crippen molar-refractivity contribution >= 4 is 11.6 Å². The third-order valence-electron chi connectivity index (χ3n) is 4.52. The second kappa shape index (κ2) is 7.62. The molecule has 0 bridgehead atoms. The molecule has 0 spiro atoms. The van der Waals surface area contributed by atoms with Crippen molar-refractivity contribution < 1.29 is 19.1 Å². The highest BCUT2D eigenvalue weighted by Gasteiger charge is 2.20. The monoisotopic (exact) mass is 362 g/mol. The predicted octanol–water partition coefficient (Wildman–Crippen LogP) is 4.31. The number of ketones is 2. The Bertz CT molecular complexity index is 875. The summed E-state index contributed by atoms with van der Waals surface area (Å²) in [6.45, 7) is 10.6. The van der Waals surface area contributed by atoms with Gasteiger partial charge < -0.3 is 9.47 Å². The van der Waals surface area contributed by atoms with E-state index in [0.29, 0.717) is 22.6 Å². The normalized spacial score (nSPS) is 11.3. The molecule has 0 fully saturated rings. The van der Waals surface area contributed by atoms with Gasteiger partial charge in [-0.2, -0.15) is 0 Å². The fraction of sp³-hybridized carbons (Fsp3) is 0.217.